The van der Waals surface area contributed by atoms with Crippen LogP contribution in [0.1, 0.15) is 25.3 Å². The Morgan fingerprint density at radius 3 is 2.59 bits per heavy atom. The Balaban J connectivity index is 1.42. The first-order chi connectivity index (χ1) is 15.1. The zero-order valence-corrected chi connectivity index (χ0v) is 19.3. The van der Waals surface area contributed by atoms with E-state index >= 15 is 0 Å². The Morgan fingerprint density at radius 2 is 1.91 bits per heavy atom. The van der Waals surface area contributed by atoms with Gasteiger partial charge < -0.3 is 15.4 Å². The number of amides is 2. The minimum absolute atomic E-state index is 0.0732. The third-order valence-corrected chi connectivity index (χ3v) is 7.93. The number of nitrogens with zero attached hydrogens (tertiary/aromatic N) is 1. The summed E-state index contributed by atoms with van der Waals surface area (Å²) >= 11 is 6.19. The van der Waals surface area contributed by atoms with Gasteiger partial charge in [0.15, 0.2) is 6.10 Å². The Morgan fingerprint density at radius 1 is 1.19 bits per heavy atom. The summed E-state index contributed by atoms with van der Waals surface area (Å²) in [5, 5.41) is 5.98. The molecule has 0 radical (unpaired) electrons. The number of fused-ring (bicyclic) bond motifs is 1. The lowest BCUT2D eigenvalue weighted by molar-refractivity contribution is -0.123. The Hall–Kier alpha value is -2.62. The van der Waals surface area contributed by atoms with E-state index in [0.29, 0.717) is 35.0 Å². The fraction of sp³-hybridized carbons (Fsp3) is 0.364. The topological polar surface area (TPSA) is 105 Å². The van der Waals surface area contributed by atoms with Gasteiger partial charge in [0, 0.05) is 19.0 Å². The first-order valence-electron chi connectivity index (χ1n) is 10.3. The number of piperidine rings is 1. The van der Waals surface area contributed by atoms with Crippen LogP contribution in [0.5, 0.6) is 5.75 Å². The maximum absolute atomic E-state index is 13.1. The van der Waals surface area contributed by atoms with Gasteiger partial charge in [0.25, 0.3) is 5.91 Å². The van der Waals surface area contributed by atoms with Gasteiger partial charge in [0.2, 0.25) is 15.9 Å². The number of rotatable bonds is 4. The summed E-state index contributed by atoms with van der Waals surface area (Å²) < 4.78 is 33.1. The highest BCUT2D eigenvalue weighted by atomic mass is 35.5. The molecule has 2 aromatic carbocycles. The van der Waals surface area contributed by atoms with Crippen LogP contribution < -0.4 is 15.4 Å². The molecular weight excluding hydrogens is 454 g/mol. The van der Waals surface area contributed by atoms with Crippen molar-refractivity contribution in [3.8, 4) is 5.75 Å². The lowest BCUT2D eigenvalue weighted by atomic mass is 9.97. The van der Waals surface area contributed by atoms with Crippen LogP contribution >= 0.6 is 11.6 Å². The molecule has 0 aliphatic carbocycles. The second-order valence-electron chi connectivity index (χ2n) is 8.06. The number of halogens is 1. The van der Waals surface area contributed by atoms with E-state index in [9.17, 15) is 18.0 Å². The van der Waals surface area contributed by atoms with Crippen molar-refractivity contribution >= 4 is 44.8 Å². The van der Waals surface area contributed by atoms with Gasteiger partial charge >= 0.3 is 0 Å². The van der Waals surface area contributed by atoms with E-state index < -0.39 is 16.1 Å². The van der Waals surface area contributed by atoms with Crippen LogP contribution in [-0.2, 0) is 19.6 Å². The van der Waals surface area contributed by atoms with Crippen molar-refractivity contribution in [1.82, 2.24) is 4.31 Å². The quantitative estimate of drug-likeness (QED) is 0.702. The predicted octanol–water partition coefficient (Wildman–Crippen LogP) is 3.41. The van der Waals surface area contributed by atoms with Crippen LogP contribution in [-0.4, -0.2) is 43.7 Å². The zero-order valence-electron chi connectivity index (χ0n) is 17.7. The molecule has 2 heterocycles. The summed E-state index contributed by atoms with van der Waals surface area (Å²) in [5.74, 6) is -0.374. The zero-order chi connectivity index (χ0) is 23.0. The molecule has 0 aromatic heterocycles. The third kappa shape index (κ3) is 4.46. The molecule has 4 rings (SSSR count). The van der Waals surface area contributed by atoms with E-state index in [0.717, 1.165) is 5.56 Å². The summed E-state index contributed by atoms with van der Waals surface area (Å²) in [5.41, 5.74) is 1.87. The molecule has 0 unspecified atom stereocenters. The first kappa shape index (κ1) is 22.6. The molecule has 32 heavy (non-hydrogen) atoms. The summed E-state index contributed by atoms with van der Waals surface area (Å²) in [7, 11) is -3.77. The van der Waals surface area contributed by atoms with E-state index in [1.807, 2.05) is 13.0 Å². The van der Waals surface area contributed by atoms with Gasteiger partial charge in [-0.2, -0.15) is 4.31 Å². The number of hydrogen-bond donors (Lipinski definition) is 2. The van der Waals surface area contributed by atoms with Gasteiger partial charge in [-0.1, -0.05) is 17.7 Å². The Bertz CT molecular complexity index is 1180. The van der Waals surface area contributed by atoms with Gasteiger partial charge in [-0.05, 0) is 62.6 Å². The van der Waals surface area contributed by atoms with Gasteiger partial charge in [0.05, 0.1) is 21.3 Å². The van der Waals surface area contributed by atoms with Crippen molar-refractivity contribution < 1.29 is 22.7 Å². The molecular formula is C22H24ClN3O5S. The van der Waals surface area contributed by atoms with Crippen molar-refractivity contribution in [1.29, 1.82) is 0 Å². The van der Waals surface area contributed by atoms with E-state index in [-0.39, 0.29) is 35.7 Å². The second kappa shape index (κ2) is 8.73. The number of benzene rings is 2. The number of sulfonamides is 1. The number of nitrogens with one attached hydrogen (secondary N) is 2. The summed E-state index contributed by atoms with van der Waals surface area (Å²) in [4.78, 5) is 24.6. The molecule has 1 atom stereocenters. The van der Waals surface area contributed by atoms with Crippen LogP contribution in [0.2, 0.25) is 5.02 Å². The minimum Gasteiger partial charge on any atom is -0.479 e. The molecule has 1 saturated heterocycles. The van der Waals surface area contributed by atoms with E-state index in [2.05, 4.69) is 10.6 Å². The molecule has 2 aliphatic heterocycles. The van der Waals surface area contributed by atoms with Crippen molar-refractivity contribution in [3.05, 3.63) is 47.0 Å². The molecule has 1 fully saturated rings. The molecule has 2 aromatic rings. The largest absolute Gasteiger partial charge is 0.479 e. The average molecular weight is 478 g/mol. The van der Waals surface area contributed by atoms with Crippen molar-refractivity contribution in [2.75, 3.05) is 23.7 Å². The van der Waals surface area contributed by atoms with Crippen LogP contribution in [0, 0.1) is 12.8 Å². The molecule has 8 nitrogen and oxygen atoms in total. The number of anilines is 2. The molecule has 2 N–H and O–H groups in total. The molecule has 10 heteroatoms. The average Bonchev–Trinajstić information content (AvgIpc) is 2.76. The molecule has 2 amide bonds. The highest BCUT2D eigenvalue weighted by molar-refractivity contribution is 7.89. The van der Waals surface area contributed by atoms with Gasteiger partial charge in [-0.3, -0.25) is 9.59 Å². The number of hydrogen-bond acceptors (Lipinski definition) is 5. The highest BCUT2D eigenvalue weighted by Crippen LogP contribution is 2.34. The van der Waals surface area contributed by atoms with Crippen molar-refractivity contribution in [2.45, 2.75) is 37.7 Å². The summed E-state index contributed by atoms with van der Waals surface area (Å²) in [6.45, 7) is 3.98. The van der Waals surface area contributed by atoms with E-state index in [1.54, 1.807) is 25.1 Å². The number of ether oxygens (including phenoxy) is 1. The lowest BCUT2D eigenvalue weighted by Gasteiger charge is -2.31. The van der Waals surface area contributed by atoms with Crippen LogP contribution in [0.15, 0.2) is 41.3 Å². The first-order valence-corrected chi connectivity index (χ1v) is 12.2. The maximum Gasteiger partial charge on any atom is 0.265 e. The molecule has 0 bridgehead atoms. The Kier molecular flexibility index (Phi) is 6.15. The van der Waals surface area contributed by atoms with Crippen LogP contribution in [0.3, 0.4) is 0 Å². The fourth-order valence-electron chi connectivity index (χ4n) is 3.81. The normalized spacial score (nSPS) is 19.6. The monoisotopic (exact) mass is 477 g/mol. The third-order valence-electron chi connectivity index (χ3n) is 5.73. The van der Waals surface area contributed by atoms with Gasteiger partial charge in [-0.25, -0.2) is 8.42 Å². The molecule has 2 aliphatic rings. The van der Waals surface area contributed by atoms with Crippen molar-refractivity contribution in [3.63, 3.8) is 0 Å². The highest BCUT2D eigenvalue weighted by Gasteiger charge is 2.33. The molecule has 0 saturated carbocycles. The van der Waals surface area contributed by atoms with E-state index in [1.165, 1.54) is 16.4 Å². The number of carbonyl (C=O) groups excluding carboxylic acids is 2. The van der Waals surface area contributed by atoms with Crippen LogP contribution in [0.25, 0.3) is 0 Å². The fourth-order valence-corrected chi connectivity index (χ4v) is 5.59. The summed E-state index contributed by atoms with van der Waals surface area (Å²) in [6.07, 6.45) is 0.165. The smallest absolute Gasteiger partial charge is 0.265 e. The molecule has 0 spiro atoms. The Labute approximate surface area is 191 Å². The number of carbonyl (C=O) groups is 2. The van der Waals surface area contributed by atoms with Gasteiger partial charge in [-0.15, -0.1) is 0 Å². The molecule has 170 valence electrons. The summed E-state index contributed by atoms with van der Waals surface area (Å²) in [6, 6.07) is 9.82. The number of aryl methyl sites for hydroxylation is 1. The lowest BCUT2D eigenvalue weighted by Crippen LogP contribution is -2.41. The minimum atomic E-state index is -3.77. The maximum atomic E-state index is 13.1. The standard InChI is InChI=1S/C22H24ClN3O5S/c1-13-3-5-18(17(23)11-13)24-22(28)15-7-9-26(10-8-15)32(29,30)16-4-6-20-19(12-16)25-21(27)14(2)31-20/h3-6,11-12,14-15H,7-10H2,1-2H3,(H,24,28)(H,25,27)/t14-/m0/s1. The van der Waals surface area contributed by atoms with Crippen molar-refractivity contribution in [2.24, 2.45) is 5.92 Å². The second-order valence-corrected chi connectivity index (χ2v) is 10.4. The van der Waals surface area contributed by atoms with E-state index in [4.69, 9.17) is 16.3 Å². The predicted molar refractivity (Wildman–Crippen MR) is 121 cm³/mol. The van der Waals surface area contributed by atoms with Crippen LogP contribution in [0.4, 0.5) is 11.4 Å². The van der Waals surface area contributed by atoms with Gasteiger partial charge in [0.1, 0.15) is 5.75 Å². The SMILES string of the molecule is Cc1ccc(NC(=O)C2CCN(S(=O)(=O)c3ccc4c(c3)NC(=O)[C@H](C)O4)CC2)c(Cl)c1.